The van der Waals surface area contributed by atoms with E-state index in [9.17, 15) is 43.2 Å². The van der Waals surface area contributed by atoms with Crippen LogP contribution < -0.4 is 0 Å². The van der Waals surface area contributed by atoms with Crippen LogP contribution in [0, 0.1) is 11.8 Å². The zero-order valence-electron chi connectivity index (χ0n) is 58.4. The van der Waals surface area contributed by atoms with Crippen LogP contribution in [0.5, 0.6) is 0 Å². The van der Waals surface area contributed by atoms with Gasteiger partial charge in [-0.1, -0.05) is 311 Å². The Hall–Kier alpha value is -1.94. The predicted octanol–water partition coefficient (Wildman–Crippen LogP) is 20.4. The molecule has 0 spiro atoms. The number of phosphoric ester groups is 2. The highest BCUT2D eigenvalue weighted by molar-refractivity contribution is 7.47. The second-order valence-corrected chi connectivity index (χ2v) is 29.0. The lowest BCUT2D eigenvalue weighted by Gasteiger charge is -2.21. The number of hydrogen-bond acceptors (Lipinski definition) is 15. The molecule has 0 rings (SSSR count). The van der Waals surface area contributed by atoms with Crippen molar-refractivity contribution < 1.29 is 80.2 Å². The lowest BCUT2D eigenvalue weighted by atomic mass is 10.00. The Morgan fingerprint density at radius 3 is 0.789 bits per heavy atom. The van der Waals surface area contributed by atoms with Crippen molar-refractivity contribution in [3.63, 3.8) is 0 Å². The fraction of sp³-hybridized carbons (Fsp3) is 0.944. The fourth-order valence-corrected chi connectivity index (χ4v) is 12.3. The smallest absolute Gasteiger partial charge is 0.462 e. The first kappa shape index (κ1) is 88.1. The van der Waals surface area contributed by atoms with Gasteiger partial charge in [0.05, 0.1) is 26.4 Å². The molecule has 0 bridgehead atoms. The zero-order valence-corrected chi connectivity index (χ0v) is 60.2. The van der Waals surface area contributed by atoms with Crippen molar-refractivity contribution >= 4 is 39.5 Å². The van der Waals surface area contributed by atoms with Crippen molar-refractivity contribution in [3.8, 4) is 0 Å². The average molecular weight is 1330 g/mol. The molecular weight excluding hydrogens is 1190 g/mol. The number of hydrogen-bond donors (Lipinski definition) is 3. The van der Waals surface area contributed by atoms with E-state index in [0.717, 1.165) is 108 Å². The molecule has 3 N–H and O–H groups in total. The van der Waals surface area contributed by atoms with Gasteiger partial charge >= 0.3 is 39.5 Å². The van der Waals surface area contributed by atoms with Crippen LogP contribution in [-0.2, 0) is 65.4 Å². The maximum atomic E-state index is 13.0. The maximum absolute atomic E-state index is 13.0. The minimum atomic E-state index is -4.95. The van der Waals surface area contributed by atoms with E-state index in [0.29, 0.717) is 25.7 Å². The Labute approximate surface area is 549 Å². The van der Waals surface area contributed by atoms with Gasteiger partial charge in [0.15, 0.2) is 12.2 Å². The van der Waals surface area contributed by atoms with Crippen LogP contribution in [0.25, 0.3) is 0 Å². The molecule has 0 aliphatic heterocycles. The second kappa shape index (κ2) is 63.1. The van der Waals surface area contributed by atoms with Gasteiger partial charge in [0.25, 0.3) is 0 Å². The third kappa shape index (κ3) is 62.2. The molecule has 0 heterocycles. The lowest BCUT2D eigenvalue weighted by molar-refractivity contribution is -0.161. The van der Waals surface area contributed by atoms with Gasteiger partial charge < -0.3 is 33.8 Å². The molecule has 0 saturated heterocycles. The van der Waals surface area contributed by atoms with Crippen LogP contribution in [0.4, 0.5) is 0 Å². The maximum Gasteiger partial charge on any atom is 0.472 e. The third-order valence-corrected chi connectivity index (χ3v) is 19.1. The molecule has 0 fully saturated rings. The molecule has 90 heavy (non-hydrogen) atoms. The zero-order chi connectivity index (χ0) is 66.5. The summed E-state index contributed by atoms with van der Waals surface area (Å²) in [6.07, 6.45) is 48.6. The molecule has 0 aromatic rings. The number of carbonyl (C=O) groups is 4. The highest BCUT2D eigenvalue weighted by Crippen LogP contribution is 2.45. The van der Waals surface area contributed by atoms with Crippen LogP contribution in [0.3, 0.4) is 0 Å². The summed E-state index contributed by atoms with van der Waals surface area (Å²) in [5.41, 5.74) is 0. The van der Waals surface area contributed by atoms with Crippen molar-refractivity contribution in [1.29, 1.82) is 0 Å². The van der Waals surface area contributed by atoms with E-state index in [1.807, 2.05) is 0 Å². The summed E-state index contributed by atoms with van der Waals surface area (Å²) in [7, 11) is -9.90. The number of esters is 4. The minimum absolute atomic E-state index is 0.102. The number of carbonyl (C=O) groups excluding carboxylic acids is 4. The number of phosphoric acid groups is 2. The minimum Gasteiger partial charge on any atom is -0.462 e. The summed E-state index contributed by atoms with van der Waals surface area (Å²) in [5, 5.41) is 10.6. The van der Waals surface area contributed by atoms with E-state index in [4.69, 9.17) is 37.0 Å². The van der Waals surface area contributed by atoms with Gasteiger partial charge in [-0.2, -0.15) is 0 Å². The van der Waals surface area contributed by atoms with Gasteiger partial charge in [-0.25, -0.2) is 9.13 Å². The van der Waals surface area contributed by atoms with Crippen molar-refractivity contribution in [2.24, 2.45) is 11.8 Å². The Morgan fingerprint density at radius 2 is 0.533 bits per heavy atom. The summed E-state index contributed by atoms with van der Waals surface area (Å²) in [4.78, 5) is 72.6. The lowest BCUT2D eigenvalue weighted by Crippen LogP contribution is -2.30. The van der Waals surface area contributed by atoms with E-state index in [2.05, 4.69) is 41.5 Å². The molecule has 0 aromatic heterocycles. The van der Waals surface area contributed by atoms with Crippen LogP contribution >= 0.6 is 15.6 Å². The molecule has 0 aromatic carbocycles. The van der Waals surface area contributed by atoms with Gasteiger partial charge in [0, 0.05) is 25.7 Å². The van der Waals surface area contributed by atoms with E-state index in [-0.39, 0.29) is 25.7 Å². The first-order valence-corrected chi connectivity index (χ1v) is 40.1. The first-order valence-electron chi connectivity index (χ1n) is 37.1. The number of aliphatic hydroxyl groups is 1. The van der Waals surface area contributed by atoms with Gasteiger partial charge in [0.2, 0.25) is 0 Å². The highest BCUT2D eigenvalue weighted by atomic mass is 31.2. The molecular formula is C71H138O17P2. The summed E-state index contributed by atoms with van der Waals surface area (Å²) >= 11 is 0. The Morgan fingerprint density at radius 1 is 0.311 bits per heavy atom. The van der Waals surface area contributed by atoms with Crippen molar-refractivity contribution in [1.82, 2.24) is 0 Å². The molecule has 0 aliphatic carbocycles. The molecule has 534 valence electrons. The van der Waals surface area contributed by atoms with E-state index >= 15 is 0 Å². The molecule has 7 atom stereocenters. The standard InChI is InChI=1S/C71H138O17P2/c1-7-11-13-15-17-19-21-23-24-25-26-28-30-32-34-43-49-55-70(75)87-66(59-81-68(73)53-47-41-33-31-29-27-22-20-18-16-14-12-8-2)61-85-89(77,78)83-57-65(72)58-84-90(79,80)86-62-67(88-71(76)56-50-44-38-36-40-46-52-64(6)10-4)60-82-69(74)54-48-42-37-35-39-45-51-63(5)9-3/h63-67,72H,7-62H2,1-6H3,(H,77,78)(H,79,80)/t63?,64?,65-,66-,67-/m1/s1. The molecule has 4 unspecified atom stereocenters. The first-order chi connectivity index (χ1) is 43.4. The van der Waals surface area contributed by atoms with E-state index in [1.54, 1.807) is 0 Å². The van der Waals surface area contributed by atoms with Crippen LogP contribution in [-0.4, -0.2) is 96.7 Å². The number of ether oxygens (including phenoxy) is 4. The molecule has 0 aliphatic rings. The molecule has 19 heteroatoms. The van der Waals surface area contributed by atoms with Crippen LogP contribution in [0.2, 0.25) is 0 Å². The topological polar surface area (TPSA) is 237 Å². The monoisotopic (exact) mass is 1320 g/mol. The van der Waals surface area contributed by atoms with E-state index in [1.165, 1.54) is 173 Å². The second-order valence-electron chi connectivity index (χ2n) is 26.1. The van der Waals surface area contributed by atoms with Gasteiger partial charge in [-0.15, -0.1) is 0 Å². The third-order valence-electron chi connectivity index (χ3n) is 17.2. The normalized spacial score (nSPS) is 14.7. The summed E-state index contributed by atoms with van der Waals surface area (Å²) < 4.78 is 68.3. The van der Waals surface area contributed by atoms with Gasteiger partial charge in [0.1, 0.15) is 19.3 Å². The summed E-state index contributed by atoms with van der Waals surface area (Å²) in [6.45, 7) is 9.47. The Balaban J connectivity index is 5.24. The molecule has 0 amide bonds. The number of unbranched alkanes of at least 4 members (excludes halogenated alkanes) is 38. The molecule has 0 saturated carbocycles. The van der Waals surface area contributed by atoms with Crippen molar-refractivity contribution in [2.45, 2.75) is 381 Å². The predicted molar refractivity (Wildman–Crippen MR) is 363 cm³/mol. The molecule has 17 nitrogen and oxygen atoms in total. The number of aliphatic hydroxyl groups excluding tert-OH is 1. The largest absolute Gasteiger partial charge is 0.472 e. The fourth-order valence-electron chi connectivity index (χ4n) is 10.7. The Kier molecular flexibility index (Phi) is 61.8. The van der Waals surface area contributed by atoms with E-state index < -0.39 is 97.5 Å². The van der Waals surface area contributed by atoms with Crippen LogP contribution in [0.15, 0.2) is 0 Å². The summed E-state index contributed by atoms with van der Waals surface area (Å²) in [6, 6.07) is 0. The van der Waals surface area contributed by atoms with Gasteiger partial charge in [-0.05, 0) is 37.5 Å². The quantitative estimate of drug-likeness (QED) is 0.0222. The van der Waals surface area contributed by atoms with Crippen molar-refractivity contribution in [2.75, 3.05) is 39.6 Å². The van der Waals surface area contributed by atoms with Gasteiger partial charge in [-0.3, -0.25) is 37.3 Å². The average Bonchev–Trinajstić information content (AvgIpc) is 3.46. The molecule has 0 radical (unpaired) electrons. The Bertz CT molecular complexity index is 1760. The summed E-state index contributed by atoms with van der Waals surface area (Å²) in [5.74, 6) is -0.675. The van der Waals surface area contributed by atoms with Crippen molar-refractivity contribution in [3.05, 3.63) is 0 Å². The SMILES string of the molecule is CCCCCCCCCCCCCCCCCCCC(=O)O[C@H](COC(=O)CCCCCCCCCCCCCCC)COP(=O)(O)OC[C@@H](O)COP(=O)(O)OC[C@@H](COC(=O)CCCCCCCCC(C)CC)OC(=O)CCCCCCCCC(C)CC. The highest BCUT2D eigenvalue weighted by Gasteiger charge is 2.30. The van der Waals surface area contributed by atoms with Crippen LogP contribution in [0.1, 0.15) is 363 Å². The number of rotatable bonds is 70.